The van der Waals surface area contributed by atoms with Gasteiger partial charge in [0.05, 0.1) is 31.5 Å². The number of aromatic nitrogens is 1. The summed E-state index contributed by atoms with van der Waals surface area (Å²) < 4.78 is 4.97. The standard InChI is InChI=1S/C17H20N4O3/c1-11-4-3-5-12(8-11)14(21-17(18)23)9-15(22)20-13-6-7-16(24-2)19-10-13/h3-8,10,14H,9H2,1-2H3,(H,20,22)(H3,18,21,23). The molecule has 24 heavy (non-hydrogen) atoms. The van der Waals surface area contributed by atoms with Crippen LogP contribution in [0.5, 0.6) is 5.88 Å². The topological polar surface area (TPSA) is 106 Å². The smallest absolute Gasteiger partial charge is 0.312 e. The summed E-state index contributed by atoms with van der Waals surface area (Å²) >= 11 is 0. The van der Waals surface area contributed by atoms with E-state index in [2.05, 4.69) is 15.6 Å². The molecule has 2 aromatic rings. The van der Waals surface area contributed by atoms with Crippen LogP contribution in [0.4, 0.5) is 10.5 Å². The van der Waals surface area contributed by atoms with Crippen LogP contribution in [-0.4, -0.2) is 24.0 Å². The highest BCUT2D eigenvalue weighted by atomic mass is 16.5. The van der Waals surface area contributed by atoms with Gasteiger partial charge in [-0.05, 0) is 18.6 Å². The molecule has 1 heterocycles. The lowest BCUT2D eigenvalue weighted by Gasteiger charge is -2.18. The van der Waals surface area contributed by atoms with Gasteiger partial charge >= 0.3 is 6.03 Å². The normalized spacial score (nSPS) is 11.4. The molecule has 0 aliphatic heterocycles. The first-order valence-electron chi connectivity index (χ1n) is 7.40. The highest BCUT2D eigenvalue weighted by molar-refractivity contribution is 5.91. The number of nitrogens with two attached hydrogens (primary N) is 1. The van der Waals surface area contributed by atoms with E-state index in [0.29, 0.717) is 11.6 Å². The molecule has 0 radical (unpaired) electrons. The number of hydrogen-bond acceptors (Lipinski definition) is 4. The first kappa shape index (κ1) is 17.3. The SMILES string of the molecule is COc1ccc(NC(=O)CC(NC(N)=O)c2cccc(C)c2)cn1. The number of hydrogen-bond donors (Lipinski definition) is 3. The maximum absolute atomic E-state index is 12.3. The summed E-state index contributed by atoms with van der Waals surface area (Å²) in [5, 5.41) is 5.33. The third-order valence-electron chi connectivity index (χ3n) is 3.38. The van der Waals surface area contributed by atoms with Gasteiger partial charge in [-0.2, -0.15) is 0 Å². The third kappa shape index (κ3) is 4.98. The molecule has 1 aromatic carbocycles. The van der Waals surface area contributed by atoms with E-state index in [1.54, 1.807) is 12.1 Å². The fraction of sp³-hybridized carbons (Fsp3) is 0.235. The predicted octanol–water partition coefficient (Wildman–Crippen LogP) is 2.14. The molecule has 3 amide bonds. The molecule has 7 heteroatoms. The number of primary amides is 1. The second-order valence-corrected chi connectivity index (χ2v) is 5.32. The number of ether oxygens (including phenoxy) is 1. The summed E-state index contributed by atoms with van der Waals surface area (Å²) in [4.78, 5) is 27.5. The molecule has 1 atom stereocenters. The Hall–Kier alpha value is -3.09. The lowest BCUT2D eigenvalue weighted by molar-refractivity contribution is -0.116. The van der Waals surface area contributed by atoms with Gasteiger partial charge in [0.1, 0.15) is 0 Å². The van der Waals surface area contributed by atoms with Crippen LogP contribution in [0.3, 0.4) is 0 Å². The Morgan fingerprint density at radius 2 is 2.08 bits per heavy atom. The van der Waals surface area contributed by atoms with Gasteiger partial charge in [-0.3, -0.25) is 4.79 Å². The molecule has 1 unspecified atom stereocenters. The number of urea groups is 1. The van der Waals surface area contributed by atoms with E-state index < -0.39 is 12.1 Å². The number of aryl methyl sites for hydroxylation is 1. The zero-order valence-corrected chi connectivity index (χ0v) is 13.6. The number of carbonyl (C=O) groups is 2. The summed E-state index contributed by atoms with van der Waals surface area (Å²) in [6.07, 6.45) is 1.55. The van der Waals surface area contributed by atoms with E-state index in [9.17, 15) is 9.59 Å². The maximum atomic E-state index is 12.3. The Morgan fingerprint density at radius 1 is 1.29 bits per heavy atom. The molecule has 0 spiro atoms. The third-order valence-corrected chi connectivity index (χ3v) is 3.38. The Bertz CT molecular complexity index is 716. The monoisotopic (exact) mass is 328 g/mol. The van der Waals surface area contributed by atoms with Crippen molar-refractivity contribution in [1.82, 2.24) is 10.3 Å². The minimum Gasteiger partial charge on any atom is -0.481 e. The van der Waals surface area contributed by atoms with Gasteiger partial charge in [-0.15, -0.1) is 0 Å². The molecule has 1 aromatic heterocycles. The lowest BCUT2D eigenvalue weighted by Crippen LogP contribution is -2.35. The van der Waals surface area contributed by atoms with Crippen LogP contribution >= 0.6 is 0 Å². The molecule has 0 aliphatic rings. The molecule has 126 valence electrons. The van der Waals surface area contributed by atoms with Gasteiger partial charge in [-0.25, -0.2) is 9.78 Å². The quantitative estimate of drug-likeness (QED) is 0.755. The van der Waals surface area contributed by atoms with Crippen molar-refractivity contribution in [3.63, 3.8) is 0 Å². The van der Waals surface area contributed by atoms with Crippen molar-refractivity contribution in [1.29, 1.82) is 0 Å². The molecule has 7 nitrogen and oxygen atoms in total. The lowest BCUT2D eigenvalue weighted by atomic mass is 10.0. The second-order valence-electron chi connectivity index (χ2n) is 5.32. The van der Waals surface area contributed by atoms with Crippen molar-refractivity contribution >= 4 is 17.6 Å². The van der Waals surface area contributed by atoms with Crippen LogP contribution in [0, 0.1) is 6.92 Å². The number of methoxy groups -OCH3 is 1. The van der Waals surface area contributed by atoms with Crippen LogP contribution in [0.25, 0.3) is 0 Å². The van der Waals surface area contributed by atoms with Gasteiger partial charge in [-0.1, -0.05) is 29.8 Å². The van der Waals surface area contributed by atoms with Gasteiger partial charge < -0.3 is 21.1 Å². The van der Waals surface area contributed by atoms with Gasteiger partial charge in [0.15, 0.2) is 0 Å². The van der Waals surface area contributed by atoms with E-state index in [4.69, 9.17) is 10.5 Å². The number of amides is 3. The molecule has 0 aliphatic carbocycles. The van der Waals surface area contributed by atoms with Crippen LogP contribution in [0.15, 0.2) is 42.6 Å². The Morgan fingerprint density at radius 3 is 2.67 bits per heavy atom. The highest BCUT2D eigenvalue weighted by Gasteiger charge is 2.18. The average molecular weight is 328 g/mol. The molecule has 4 N–H and O–H groups in total. The fourth-order valence-corrected chi connectivity index (χ4v) is 2.28. The molecular formula is C17H20N4O3. The average Bonchev–Trinajstić information content (AvgIpc) is 2.54. The number of rotatable bonds is 6. The van der Waals surface area contributed by atoms with E-state index in [0.717, 1.165) is 11.1 Å². The molecule has 2 rings (SSSR count). The van der Waals surface area contributed by atoms with Crippen molar-refractivity contribution in [3.8, 4) is 5.88 Å². The maximum Gasteiger partial charge on any atom is 0.312 e. The summed E-state index contributed by atoms with van der Waals surface area (Å²) in [6.45, 7) is 1.94. The number of nitrogens with zero attached hydrogens (tertiary/aromatic N) is 1. The van der Waals surface area contributed by atoms with Gasteiger partial charge in [0.25, 0.3) is 0 Å². The molecule has 0 saturated carbocycles. The van der Waals surface area contributed by atoms with Crippen LogP contribution in [0.2, 0.25) is 0 Å². The summed E-state index contributed by atoms with van der Waals surface area (Å²) in [7, 11) is 1.52. The first-order chi connectivity index (χ1) is 11.5. The van der Waals surface area contributed by atoms with Crippen molar-refractivity contribution < 1.29 is 14.3 Å². The number of pyridine rings is 1. The molecule has 0 bridgehead atoms. The van der Waals surface area contributed by atoms with Crippen molar-refractivity contribution in [2.45, 2.75) is 19.4 Å². The predicted molar refractivity (Wildman–Crippen MR) is 90.7 cm³/mol. The van der Waals surface area contributed by atoms with Crippen LogP contribution in [0.1, 0.15) is 23.6 Å². The zero-order chi connectivity index (χ0) is 17.5. The van der Waals surface area contributed by atoms with Crippen LogP contribution < -0.4 is 21.1 Å². The summed E-state index contributed by atoms with van der Waals surface area (Å²) in [6, 6.07) is 9.70. The Kier molecular flexibility index (Phi) is 5.73. The first-order valence-corrected chi connectivity index (χ1v) is 7.40. The highest BCUT2D eigenvalue weighted by Crippen LogP contribution is 2.19. The number of carbonyl (C=O) groups excluding carboxylic acids is 2. The van der Waals surface area contributed by atoms with Gasteiger partial charge in [0.2, 0.25) is 11.8 Å². The van der Waals surface area contributed by atoms with Gasteiger partial charge in [0, 0.05) is 6.07 Å². The summed E-state index contributed by atoms with van der Waals surface area (Å²) in [5.41, 5.74) is 7.62. The molecule has 0 saturated heterocycles. The minimum atomic E-state index is -0.680. The fourth-order valence-electron chi connectivity index (χ4n) is 2.28. The minimum absolute atomic E-state index is 0.0540. The Balaban J connectivity index is 2.07. The Labute approximate surface area is 140 Å². The molecular weight excluding hydrogens is 308 g/mol. The van der Waals surface area contributed by atoms with E-state index in [1.165, 1.54) is 13.3 Å². The number of anilines is 1. The van der Waals surface area contributed by atoms with E-state index >= 15 is 0 Å². The van der Waals surface area contributed by atoms with E-state index in [-0.39, 0.29) is 12.3 Å². The van der Waals surface area contributed by atoms with Crippen LogP contribution in [-0.2, 0) is 4.79 Å². The van der Waals surface area contributed by atoms with Crippen molar-refractivity contribution in [3.05, 3.63) is 53.7 Å². The number of nitrogens with one attached hydrogen (secondary N) is 2. The largest absolute Gasteiger partial charge is 0.481 e. The van der Waals surface area contributed by atoms with Crippen molar-refractivity contribution in [2.75, 3.05) is 12.4 Å². The van der Waals surface area contributed by atoms with Crippen molar-refractivity contribution in [2.24, 2.45) is 5.73 Å². The number of benzene rings is 1. The second kappa shape index (κ2) is 7.96. The van der Waals surface area contributed by atoms with E-state index in [1.807, 2.05) is 31.2 Å². The molecule has 0 fully saturated rings. The summed E-state index contributed by atoms with van der Waals surface area (Å²) in [5.74, 6) is 0.197. The zero-order valence-electron chi connectivity index (χ0n) is 13.6.